The van der Waals surface area contributed by atoms with Crippen LogP contribution >= 0.6 is 0 Å². The smallest absolute Gasteiger partial charge is 0.339 e. The Hall–Kier alpha value is -7.25. The van der Waals surface area contributed by atoms with Gasteiger partial charge >= 0.3 is 5.97 Å². The number of aliphatic hydroxyl groups excluding tert-OH is 1. The number of phenols is 8. The number of rotatable bonds is 3. The zero-order valence-corrected chi connectivity index (χ0v) is 27.9. The van der Waals surface area contributed by atoms with Gasteiger partial charge in [0.1, 0.15) is 34.3 Å². The van der Waals surface area contributed by atoms with E-state index >= 15 is 0 Å². The number of carboxylic acids is 1. The molecule has 0 fully saturated rings. The number of carbonyl (C=O) groups is 1. The average Bonchev–Trinajstić information content (AvgIpc) is 3.13. The number of aliphatic hydroxyl groups is 1. The van der Waals surface area contributed by atoms with Gasteiger partial charge in [0.05, 0.1) is 19.4 Å². The van der Waals surface area contributed by atoms with Crippen LogP contribution in [0.4, 0.5) is 5.69 Å². The number of phenolic OH excluding ortho intramolecular Hbond substituents is 6. The summed E-state index contributed by atoms with van der Waals surface area (Å²) in [6.07, 6.45) is 0. The lowest BCUT2D eigenvalue weighted by Gasteiger charge is -1.99. The molecule has 6 aromatic carbocycles. The minimum atomic E-state index is -1.11. The van der Waals surface area contributed by atoms with E-state index in [1.807, 2.05) is 0 Å². The van der Waals surface area contributed by atoms with Crippen LogP contribution in [0.5, 0.6) is 51.7 Å². The van der Waals surface area contributed by atoms with Gasteiger partial charge in [-0.3, -0.25) is 0 Å². The van der Waals surface area contributed by atoms with Gasteiger partial charge in [0.2, 0.25) is 0 Å². The summed E-state index contributed by atoms with van der Waals surface area (Å²) in [5.74, 6) is -0.298. The summed E-state index contributed by atoms with van der Waals surface area (Å²) < 4.78 is 4.79. The highest BCUT2D eigenvalue weighted by Gasteiger charge is 2.05. The first-order valence-corrected chi connectivity index (χ1v) is 15.0. The second-order valence-electron chi connectivity index (χ2n) is 9.85. The normalized spacial score (nSPS) is 9.12. The predicted octanol–water partition coefficient (Wildman–Crippen LogP) is 6.55. The Morgan fingerprint density at radius 2 is 0.942 bits per heavy atom. The van der Waals surface area contributed by atoms with Crippen molar-refractivity contribution in [2.24, 2.45) is 0 Å². The van der Waals surface area contributed by atoms with Crippen molar-refractivity contribution in [3.05, 3.63) is 157 Å². The molecule has 52 heavy (non-hydrogen) atoms. The zero-order chi connectivity index (χ0) is 38.9. The van der Waals surface area contributed by atoms with Crippen molar-refractivity contribution in [3.8, 4) is 51.7 Å². The number of nitrogens with two attached hydrogens (primary N) is 1. The van der Waals surface area contributed by atoms with Crippen LogP contribution in [0, 0.1) is 0 Å². The summed E-state index contributed by atoms with van der Waals surface area (Å²) in [4.78, 5) is 10.3. The summed E-state index contributed by atoms with van der Waals surface area (Å²) in [5, 5.41) is 87.2. The van der Waals surface area contributed by atoms with Crippen LogP contribution in [0.2, 0.25) is 0 Å². The van der Waals surface area contributed by atoms with E-state index in [0.717, 1.165) is 0 Å². The maximum atomic E-state index is 10.3. The molecule has 6 aromatic rings. The average molecular weight is 716 g/mol. The van der Waals surface area contributed by atoms with Crippen LogP contribution in [0.3, 0.4) is 0 Å². The molecular formula is C39H41NO12. The number of aromatic carboxylic acids is 1. The molecule has 0 aliphatic heterocycles. The van der Waals surface area contributed by atoms with E-state index in [9.17, 15) is 4.79 Å². The number of benzene rings is 6. The van der Waals surface area contributed by atoms with E-state index in [4.69, 9.17) is 61.5 Å². The largest absolute Gasteiger partial charge is 0.508 e. The van der Waals surface area contributed by atoms with Crippen molar-refractivity contribution in [2.45, 2.75) is 6.61 Å². The van der Waals surface area contributed by atoms with Gasteiger partial charge in [-0.1, -0.05) is 72.8 Å². The Kier molecular flexibility index (Phi) is 19.7. The fourth-order valence-electron chi connectivity index (χ4n) is 3.37. The van der Waals surface area contributed by atoms with Gasteiger partial charge in [-0.05, 0) is 66.7 Å². The molecule has 0 aromatic heterocycles. The first-order chi connectivity index (χ1) is 24.8. The molecule has 0 heterocycles. The van der Waals surface area contributed by atoms with Gasteiger partial charge in [0, 0.05) is 11.6 Å². The highest BCUT2D eigenvalue weighted by Crippen LogP contribution is 2.23. The summed E-state index contributed by atoms with van der Waals surface area (Å²) >= 11 is 0. The molecule has 274 valence electrons. The van der Waals surface area contributed by atoms with Crippen LogP contribution in [-0.4, -0.2) is 64.1 Å². The molecule has 12 N–H and O–H groups in total. The number of ether oxygens (including phenoxy) is 1. The van der Waals surface area contributed by atoms with Crippen LogP contribution in [0.15, 0.2) is 146 Å². The predicted molar refractivity (Wildman–Crippen MR) is 196 cm³/mol. The van der Waals surface area contributed by atoms with Crippen molar-refractivity contribution in [1.82, 2.24) is 0 Å². The molecule has 0 spiro atoms. The number of methoxy groups -OCH3 is 1. The van der Waals surface area contributed by atoms with E-state index in [0.29, 0.717) is 17.0 Å². The topological polar surface area (TPSA) is 255 Å². The number of nitrogen functional groups attached to an aromatic ring is 1. The Bertz CT molecular complexity index is 1770. The van der Waals surface area contributed by atoms with Crippen LogP contribution in [-0.2, 0) is 6.61 Å². The van der Waals surface area contributed by atoms with Crippen LogP contribution in [0.25, 0.3) is 0 Å². The molecule has 13 heteroatoms. The monoisotopic (exact) mass is 715 g/mol. The van der Waals surface area contributed by atoms with Gasteiger partial charge in [0.15, 0.2) is 23.0 Å². The third kappa shape index (κ3) is 17.2. The molecule has 0 saturated heterocycles. The maximum Gasteiger partial charge on any atom is 0.339 e. The fraction of sp³-hybridized carbons (Fsp3) is 0.0513. The van der Waals surface area contributed by atoms with Gasteiger partial charge in [-0.25, -0.2) is 4.79 Å². The first kappa shape index (κ1) is 42.8. The number of carboxylic acid groups (broad SMARTS) is 1. The summed E-state index contributed by atoms with van der Waals surface area (Å²) in [6.45, 7) is -0.104. The minimum absolute atomic E-state index is 0.0671. The van der Waals surface area contributed by atoms with Gasteiger partial charge in [0.25, 0.3) is 0 Å². The maximum absolute atomic E-state index is 10.3. The molecule has 0 bridgehead atoms. The molecule has 0 atom stereocenters. The Morgan fingerprint density at radius 3 is 1.23 bits per heavy atom. The summed E-state index contributed by atoms with van der Waals surface area (Å²) in [5.41, 5.74) is 6.19. The second-order valence-corrected chi connectivity index (χ2v) is 9.85. The Balaban J connectivity index is 0.000000313. The number of aromatic hydroxyl groups is 8. The fourth-order valence-corrected chi connectivity index (χ4v) is 3.37. The lowest BCUT2D eigenvalue weighted by Crippen LogP contribution is -1.95. The SMILES string of the molecule is COc1ccccc1O.Nc1ccccc1O.O=C(O)c1ccccc1O.OCc1ccccc1O.Oc1cccc(O)c1.Oc1ccccc1O. The molecular weight excluding hydrogens is 674 g/mol. The summed E-state index contributed by atoms with van der Waals surface area (Å²) in [6, 6.07) is 38.1. The molecule has 0 radical (unpaired) electrons. The van der Waals surface area contributed by atoms with E-state index in [1.165, 1.54) is 49.6 Å². The third-order valence-electron chi connectivity index (χ3n) is 6.03. The summed E-state index contributed by atoms with van der Waals surface area (Å²) in [7, 11) is 1.52. The van der Waals surface area contributed by atoms with Crippen LogP contribution < -0.4 is 10.5 Å². The van der Waals surface area contributed by atoms with Crippen LogP contribution in [0.1, 0.15) is 15.9 Å². The number of anilines is 1. The second kappa shape index (κ2) is 24.0. The molecule has 0 unspecified atom stereocenters. The molecule has 0 amide bonds. The standard InChI is InChI=1S/C7H6O3.2C7H8O2.C6H7NO.2C6H6O2/c8-6-4-2-1-3-5(6)7(9)10;1-9-7-5-3-2-4-6(7)8;8-5-6-3-1-2-4-7(6)9;7-5-3-1-2-4-6(5)8;7-5-2-1-3-6(8)4-5;7-5-3-1-2-4-6(5)8/h1-4,8H,(H,9,10);2-5,8H,1H3;1-4,8-9H,5H2;1-4,8H,7H2;2*1-4,7-8H. The number of hydrogen-bond donors (Lipinski definition) is 11. The zero-order valence-electron chi connectivity index (χ0n) is 27.9. The quantitative estimate of drug-likeness (QED) is 0.0688. The van der Waals surface area contributed by atoms with Crippen molar-refractivity contribution < 1.29 is 60.6 Å². The number of para-hydroxylation sites is 8. The van der Waals surface area contributed by atoms with Gasteiger partial charge < -0.3 is 61.5 Å². The Morgan fingerprint density at radius 1 is 0.519 bits per heavy atom. The van der Waals surface area contributed by atoms with Crippen molar-refractivity contribution in [1.29, 1.82) is 0 Å². The van der Waals surface area contributed by atoms with Gasteiger partial charge in [-0.15, -0.1) is 0 Å². The lowest BCUT2D eigenvalue weighted by molar-refractivity contribution is 0.0693. The molecule has 0 aliphatic rings. The van der Waals surface area contributed by atoms with E-state index < -0.39 is 5.97 Å². The highest BCUT2D eigenvalue weighted by atomic mass is 16.5. The van der Waals surface area contributed by atoms with Crippen molar-refractivity contribution in [2.75, 3.05) is 12.8 Å². The Labute approximate surface area is 299 Å². The highest BCUT2D eigenvalue weighted by molar-refractivity contribution is 5.90. The molecule has 0 saturated carbocycles. The van der Waals surface area contributed by atoms with E-state index in [1.54, 1.807) is 103 Å². The third-order valence-corrected chi connectivity index (χ3v) is 6.03. The van der Waals surface area contributed by atoms with Crippen molar-refractivity contribution >= 4 is 11.7 Å². The number of hydrogen-bond acceptors (Lipinski definition) is 12. The van der Waals surface area contributed by atoms with Gasteiger partial charge in [-0.2, -0.15) is 0 Å². The molecule has 13 nitrogen and oxygen atoms in total. The molecule has 0 aliphatic carbocycles. The lowest BCUT2D eigenvalue weighted by atomic mass is 10.2. The van der Waals surface area contributed by atoms with E-state index in [2.05, 4.69) is 0 Å². The minimum Gasteiger partial charge on any atom is -0.508 e. The first-order valence-electron chi connectivity index (χ1n) is 15.0. The van der Waals surface area contributed by atoms with E-state index in [-0.39, 0.29) is 58.2 Å². The van der Waals surface area contributed by atoms with Crippen molar-refractivity contribution in [3.63, 3.8) is 0 Å². The molecule has 6 rings (SSSR count).